The molecule has 1 aliphatic heterocycles. The number of nitrogens with zero attached hydrogens (tertiary/aromatic N) is 2. The molecule has 2 fully saturated rings. The van der Waals surface area contributed by atoms with Crippen molar-refractivity contribution in [1.82, 2.24) is 4.90 Å². The predicted octanol–water partition coefficient (Wildman–Crippen LogP) is 1.78. The SMILES string of the molecule is O=C(CN1C(=O)[C@H]2[C@H](C1=O)[C@H]1C=C[C@H]2C1)OCC(=O)c1ccc(Cl)c([N+](=O)[O-])c1. The van der Waals surface area contributed by atoms with Crippen LogP contribution in [0.1, 0.15) is 16.8 Å². The molecule has 1 aromatic rings. The second kappa shape index (κ2) is 7.07. The molecule has 1 aromatic carbocycles. The van der Waals surface area contributed by atoms with Crippen molar-refractivity contribution < 1.29 is 28.8 Å². The summed E-state index contributed by atoms with van der Waals surface area (Å²) in [5.74, 6) is -3.10. The first-order chi connectivity index (χ1) is 13.8. The van der Waals surface area contributed by atoms with Crippen LogP contribution in [0.25, 0.3) is 0 Å². The fourth-order valence-electron chi connectivity index (χ4n) is 4.35. The number of ketones is 1. The molecule has 1 saturated heterocycles. The quantitative estimate of drug-likeness (QED) is 0.172. The number of carbonyl (C=O) groups is 4. The van der Waals surface area contributed by atoms with Crippen molar-refractivity contribution in [3.8, 4) is 0 Å². The summed E-state index contributed by atoms with van der Waals surface area (Å²) < 4.78 is 4.89. The number of carbonyl (C=O) groups excluding carboxylic acids is 4. The van der Waals surface area contributed by atoms with Crippen LogP contribution < -0.4 is 0 Å². The highest BCUT2D eigenvalue weighted by Crippen LogP contribution is 2.52. The molecule has 2 aliphatic carbocycles. The number of nitro benzene ring substituents is 1. The van der Waals surface area contributed by atoms with Gasteiger partial charge in [-0.1, -0.05) is 23.8 Å². The second-order valence-corrected chi connectivity index (χ2v) is 7.68. The number of nitro groups is 1. The lowest BCUT2D eigenvalue weighted by atomic mass is 9.85. The van der Waals surface area contributed by atoms with Crippen LogP contribution in [0.2, 0.25) is 5.02 Å². The van der Waals surface area contributed by atoms with Crippen LogP contribution in [0.15, 0.2) is 30.4 Å². The molecule has 0 N–H and O–H groups in total. The number of amides is 2. The molecule has 2 bridgehead atoms. The average Bonchev–Trinajstić information content (AvgIpc) is 3.36. The summed E-state index contributed by atoms with van der Waals surface area (Å²) in [4.78, 5) is 60.4. The molecule has 4 rings (SSSR count). The fraction of sp³-hybridized carbons (Fsp3) is 0.368. The zero-order valence-electron chi connectivity index (χ0n) is 14.9. The fourth-order valence-corrected chi connectivity index (χ4v) is 4.54. The molecule has 1 heterocycles. The molecule has 1 saturated carbocycles. The Morgan fingerprint density at radius 3 is 2.38 bits per heavy atom. The van der Waals surface area contributed by atoms with Gasteiger partial charge in [0.05, 0.1) is 16.8 Å². The van der Waals surface area contributed by atoms with Crippen molar-refractivity contribution in [3.63, 3.8) is 0 Å². The highest BCUT2D eigenvalue weighted by atomic mass is 35.5. The van der Waals surface area contributed by atoms with Gasteiger partial charge in [0.25, 0.3) is 5.69 Å². The van der Waals surface area contributed by atoms with Crippen LogP contribution in [0.5, 0.6) is 0 Å². The molecule has 0 radical (unpaired) electrons. The maximum Gasteiger partial charge on any atom is 0.326 e. The van der Waals surface area contributed by atoms with Gasteiger partial charge in [0.2, 0.25) is 17.6 Å². The Bertz CT molecular complexity index is 959. The summed E-state index contributed by atoms with van der Waals surface area (Å²) in [6.07, 6.45) is 4.68. The van der Waals surface area contributed by atoms with Gasteiger partial charge in [0, 0.05) is 11.6 Å². The van der Waals surface area contributed by atoms with E-state index in [2.05, 4.69) is 0 Å². The normalized spacial score (nSPS) is 26.7. The largest absolute Gasteiger partial charge is 0.456 e. The summed E-state index contributed by atoms with van der Waals surface area (Å²) in [5.41, 5.74) is -0.480. The van der Waals surface area contributed by atoms with Gasteiger partial charge >= 0.3 is 5.97 Å². The molecule has 2 amide bonds. The van der Waals surface area contributed by atoms with Crippen LogP contribution >= 0.6 is 11.6 Å². The van der Waals surface area contributed by atoms with Crippen molar-refractivity contribution in [2.45, 2.75) is 6.42 Å². The molecular formula is C19H15ClN2O7. The number of hydrogen-bond donors (Lipinski definition) is 0. The number of likely N-dealkylation sites (tertiary alicyclic amines) is 1. The minimum atomic E-state index is -0.899. The molecule has 29 heavy (non-hydrogen) atoms. The Morgan fingerprint density at radius 2 is 1.79 bits per heavy atom. The van der Waals surface area contributed by atoms with Crippen molar-refractivity contribution >= 4 is 40.9 Å². The lowest BCUT2D eigenvalue weighted by Crippen LogP contribution is -2.38. The van der Waals surface area contributed by atoms with Gasteiger partial charge in [-0.15, -0.1) is 0 Å². The van der Waals surface area contributed by atoms with E-state index in [1.165, 1.54) is 12.1 Å². The third-order valence-corrected chi connectivity index (χ3v) is 6.00. The Balaban J connectivity index is 1.36. The number of benzene rings is 1. The molecule has 0 unspecified atom stereocenters. The first-order valence-corrected chi connectivity index (χ1v) is 9.32. The molecule has 4 atom stereocenters. The van der Waals surface area contributed by atoms with Crippen LogP contribution in [0.3, 0.4) is 0 Å². The van der Waals surface area contributed by atoms with Crippen molar-refractivity contribution in [2.75, 3.05) is 13.2 Å². The maximum atomic E-state index is 12.5. The van der Waals surface area contributed by atoms with Gasteiger partial charge in [-0.25, -0.2) is 0 Å². The predicted molar refractivity (Wildman–Crippen MR) is 97.8 cm³/mol. The van der Waals surface area contributed by atoms with Crippen LogP contribution in [-0.4, -0.2) is 46.5 Å². The van der Waals surface area contributed by atoms with Crippen LogP contribution in [-0.2, 0) is 19.1 Å². The topological polar surface area (TPSA) is 124 Å². The Labute approximate surface area is 169 Å². The van der Waals surface area contributed by atoms with Gasteiger partial charge in [-0.2, -0.15) is 0 Å². The zero-order valence-corrected chi connectivity index (χ0v) is 15.7. The highest BCUT2D eigenvalue weighted by molar-refractivity contribution is 6.32. The molecular weight excluding hydrogens is 404 g/mol. The van der Waals surface area contributed by atoms with E-state index in [4.69, 9.17) is 16.3 Å². The van der Waals surface area contributed by atoms with Gasteiger partial charge in [-0.3, -0.25) is 34.2 Å². The van der Waals surface area contributed by atoms with E-state index in [0.717, 1.165) is 17.4 Å². The lowest BCUT2D eigenvalue weighted by Gasteiger charge is -2.16. The van der Waals surface area contributed by atoms with Crippen LogP contribution in [0, 0.1) is 33.8 Å². The highest BCUT2D eigenvalue weighted by Gasteiger charge is 2.59. The second-order valence-electron chi connectivity index (χ2n) is 7.27. The number of allylic oxidation sites excluding steroid dienone is 2. The molecule has 9 nitrogen and oxygen atoms in total. The van der Waals surface area contributed by atoms with E-state index in [1.54, 1.807) is 0 Å². The maximum absolute atomic E-state index is 12.5. The molecule has 3 aliphatic rings. The number of esters is 1. The van der Waals surface area contributed by atoms with Crippen molar-refractivity contribution in [3.05, 3.63) is 51.1 Å². The van der Waals surface area contributed by atoms with E-state index in [9.17, 15) is 29.3 Å². The standard InChI is InChI=1S/C19H15ClN2O7/c20-12-4-3-9(6-13(12)22(27)28)14(23)8-29-15(24)7-21-18(25)16-10-1-2-11(5-10)17(16)19(21)26/h1-4,6,10-11,16-17H,5,7-8H2/t10-,11-,16+,17+/m0/s1. The van der Waals surface area contributed by atoms with Gasteiger partial charge < -0.3 is 4.74 Å². The number of hydrogen-bond acceptors (Lipinski definition) is 7. The molecule has 150 valence electrons. The average molecular weight is 419 g/mol. The minimum Gasteiger partial charge on any atom is -0.456 e. The van der Waals surface area contributed by atoms with E-state index < -0.39 is 47.4 Å². The number of ether oxygens (including phenoxy) is 1. The zero-order chi connectivity index (χ0) is 20.9. The smallest absolute Gasteiger partial charge is 0.326 e. The summed E-state index contributed by atoms with van der Waals surface area (Å²) >= 11 is 5.70. The number of imide groups is 1. The van der Waals surface area contributed by atoms with Crippen LogP contribution in [0.4, 0.5) is 5.69 Å². The number of Topliss-reactive ketones (excluding diaryl/α,β-unsaturated/α-hetero) is 1. The molecule has 0 aromatic heterocycles. The minimum absolute atomic E-state index is 0.0322. The van der Waals surface area contributed by atoms with Gasteiger partial charge in [0.1, 0.15) is 11.6 Å². The first-order valence-electron chi connectivity index (χ1n) is 8.94. The Morgan fingerprint density at radius 1 is 1.17 bits per heavy atom. The number of rotatable bonds is 6. The van der Waals surface area contributed by atoms with Crippen molar-refractivity contribution in [2.24, 2.45) is 23.7 Å². The third-order valence-electron chi connectivity index (χ3n) is 5.68. The first kappa shape index (κ1) is 19.3. The lowest BCUT2D eigenvalue weighted by molar-refractivity contribution is -0.384. The van der Waals surface area contributed by atoms with Gasteiger partial charge in [0.15, 0.2) is 6.61 Å². The van der Waals surface area contributed by atoms with E-state index in [0.29, 0.717) is 0 Å². The molecule has 10 heteroatoms. The third kappa shape index (κ3) is 3.21. The van der Waals surface area contributed by atoms with E-state index in [1.807, 2.05) is 12.2 Å². The number of fused-ring (bicyclic) bond motifs is 5. The monoisotopic (exact) mass is 418 g/mol. The van der Waals surface area contributed by atoms with E-state index >= 15 is 0 Å². The number of halogens is 1. The Hall–Kier alpha value is -3.07. The summed E-state index contributed by atoms with van der Waals surface area (Å²) in [6.45, 7) is -1.23. The molecule has 0 spiro atoms. The Kier molecular flexibility index (Phi) is 4.70. The summed E-state index contributed by atoms with van der Waals surface area (Å²) in [7, 11) is 0. The summed E-state index contributed by atoms with van der Waals surface area (Å²) in [5, 5.41) is 10.8. The van der Waals surface area contributed by atoms with Gasteiger partial charge in [-0.05, 0) is 30.4 Å². The van der Waals surface area contributed by atoms with Crippen molar-refractivity contribution in [1.29, 1.82) is 0 Å². The van der Waals surface area contributed by atoms with E-state index in [-0.39, 0.29) is 34.2 Å². The summed E-state index contributed by atoms with van der Waals surface area (Å²) in [6, 6.07) is 3.48.